The van der Waals surface area contributed by atoms with Gasteiger partial charge in [-0.2, -0.15) is 11.8 Å². The average Bonchev–Trinajstić information content (AvgIpc) is 2.70. The Morgan fingerprint density at radius 1 is 1.45 bits per heavy atom. The van der Waals surface area contributed by atoms with Crippen molar-refractivity contribution in [2.24, 2.45) is 5.73 Å². The van der Waals surface area contributed by atoms with E-state index in [-0.39, 0.29) is 5.91 Å². The Morgan fingerprint density at radius 3 is 2.65 bits per heavy atom. The van der Waals surface area contributed by atoms with Crippen LogP contribution in [0.1, 0.15) is 27.2 Å². The highest BCUT2D eigenvalue weighted by Gasteiger charge is 2.23. The zero-order chi connectivity index (χ0) is 15.3. The summed E-state index contributed by atoms with van der Waals surface area (Å²) in [6.07, 6.45) is 2.57. The number of hydrogen-bond donors (Lipinski definition) is 2. The number of amides is 1. The third-order valence-corrected chi connectivity index (χ3v) is 4.75. The molecule has 0 radical (unpaired) electrons. The van der Waals surface area contributed by atoms with E-state index in [1.807, 2.05) is 20.1 Å². The fourth-order valence-electron chi connectivity index (χ4n) is 1.64. The second-order valence-electron chi connectivity index (χ2n) is 4.36. The third-order valence-electron chi connectivity index (χ3n) is 2.98. The number of anilines is 1. The minimum Gasteiger partial charge on any atom is -0.465 e. The van der Waals surface area contributed by atoms with E-state index >= 15 is 0 Å². The quantitative estimate of drug-likeness (QED) is 0.786. The molecule has 0 unspecified atom stereocenters. The number of rotatable bonds is 6. The van der Waals surface area contributed by atoms with E-state index in [0.29, 0.717) is 17.0 Å². The Morgan fingerprint density at radius 2 is 2.10 bits per heavy atom. The van der Waals surface area contributed by atoms with Crippen molar-refractivity contribution in [3.63, 3.8) is 0 Å². The molecule has 0 spiro atoms. The van der Waals surface area contributed by atoms with E-state index in [4.69, 9.17) is 10.5 Å². The van der Waals surface area contributed by atoms with E-state index in [2.05, 4.69) is 5.32 Å². The van der Waals surface area contributed by atoms with Gasteiger partial charge in [0.1, 0.15) is 5.00 Å². The van der Waals surface area contributed by atoms with Gasteiger partial charge in [0.05, 0.1) is 18.7 Å². The summed E-state index contributed by atoms with van der Waals surface area (Å²) in [4.78, 5) is 24.8. The first-order chi connectivity index (χ1) is 9.42. The molecule has 20 heavy (non-hydrogen) atoms. The number of aryl methyl sites for hydroxylation is 1. The second kappa shape index (κ2) is 7.66. The van der Waals surface area contributed by atoms with Gasteiger partial charge < -0.3 is 15.8 Å². The number of ether oxygens (including phenoxy) is 1. The van der Waals surface area contributed by atoms with E-state index in [1.54, 1.807) is 11.8 Å². The molecule has 0 saturated carbocycles. The van der Waals surface area contributed by atoms with Gasteiger partial charge in [0, 0.05) is 4.88 Å². The molecule has 1 atom stereocenters. The second-order valence-corrected chi connectivity index (χ2v) is 6.57. The van der Waals surface area contributed by atoms with Crippen LogP contribution in [-0.4, -0.2) is 37.0 Å². The molecule has 5 nitrogen and oxygen atoms in total. The maximum absolute atomic E-state index is 12.0. The average molecular weight is 316 g/mol. The lowest BCUT2D eigenvalue weighted by molar-refractivity contribution is -0.117. The van der Waals surface area contributed by atoms with Crippen LogP contribution in [0.15, 0.2) is 0 Å². The van der Waals surface area contributed by atoms with Gasteiger partial charge >= 0.3 is 5.97 Å². The molecule has 0 aliphatic rings. The van der Waals surface area contributed by atoms with Crippen molar-refractivity contribution in [3.8, 4) is 0 Å². The number of hydrogen-bond acceptors (Lipinski definition) is 6. The van der Waals surface area contributed by atoms with Gasteiger partial charge in [-0.3, -0.25) is 4.79 Å². The maximum atomic E-state index is 12.0. The monoisotopic (exact) mass is 316 g/mol. The normalized spacial score (nSPS) is 12.1. The molecule has 0 bridgehead atoms. The maximum Gasteiger partial charge on any atom is 0.341 e. The molecule has 0 aliphatic heterocycles. The first-order valence-electron chi connectivity index (χ1n) is 6.16. The predicted octanol–water partition coefficient (Wildman–Crippen LogP) is 2.17. The summed E-state index contributed by atoms with van der Waals surface area (Å²) < 4.78 is 4.76. The van der Waals surface area contributed by atoms with Crippen molar-refractivity contribution >= 4 is 40.0 Å². The fourth-order valence-corrected chi connectivity index (χ4v) is 3.18. The summed E-state index contributed by atoms with van der Waals surface area (Å²) in [5.74, 6) is 0.103. The molecule has 0 aliphatic carbocycles. The van der Waals surface area contributed by atoms with E-state index < -0.39 is 12.0 Å². The van der Waals surface area contributed by atoms with Crippen LogP contribution < -0.4 is 11.1 Å². The van der Waals surface area contributed by atoms with Crippen molar-refractivity contribution in [2.75, 3.05) is 24.4 Å². The number of esters is 1. The third kappa shape index (κ3) is 3.97. The van der Waals surface area contributed by atoms with Crippen molar-refractivity contribution in [1.82, 2.24) is 0 Å². The zero-order valence-electron chi connectivity index (χ0n) is 12.1. The van der Waals surface area contributed by atoms with E-state index in [9.17, 15) is 9.59 Å². The molecule has 1 amide bonds. The highest BCUT2D eigenvalue weighted by atomic mass is 32.2. The van der Waals surface area contributed by atoms with Gasteiger partial charge in [-0.25, -0.2) is 4.79 Å². The molecule has 1 aromatic heterocycles. The van der Waals surface area contributed by atoms with Crippen molar-refractivity contribution in [2.45, 2.75) is 26.3 Å². The molecule has 0 fully saturated rings. The Labute approximate surface area is 127 Å². The lowest BCUT2D eigenvalue weighted by Crippen LogP contribution is -2.36. The largest absolute Gasteiger partial charge is 0.465 e. The van der Waals surface area contributed by atoms with Gasteiger partial charge in [-0.05, 0) is 37.8 Å². The van der Waals surface area contributed by atoms with Gasteiger partial charge in [0.25, 0.3) is 0 Å². The summed E-state index contributed by atoms with van der Waals surface area (Å²) in [6.45, 7) is 3.73. The van der Waals surface area contributed by atoms with Gasteiger partial charge in [-0.15, -0.1) is 11.3 Å². The number of carbonyl (C=O) groups excluding carboxylic acids is 2. The molecule has 0 aromatic carbocycles. The molecule has 0 saturated heterocycles. The van der Waals surface area contributed by atoms with E-state index in [1.165, 1.54) is 18.4 Å². The highest BCUT2D eigenvalue weighted by Crippen LogP contribution is 2.33. The molecule has 1 aromatic rings. The number of carbonyl (C=O) groups is 2. The summed E-state index contributed by atoms with van der Waals surface area (Å²) in [5.41, 5.74) is 7.06. The Balaban J connectivity index is 2.89. The molecule has 112 valence electrons. The van der Waals surface area contributed by atoms with Gasteiger partial charge in [0.15, 0.2) is 0 Å². The first-order valence-corrected chi connectivity index (χ1v) is 8.37. The zero-order valence-corrected chi connectivity index (χ0v) is 13.7. The minimum atomic E-state index is -0.573. The standard InChI is InChI=1S/C13H20N2O3S2/c1-7-8(2)20-12(10(7)13(17)18-3)15-11(16)9(14)5-6-19-4/h9H,5-6,14H2,1-4H3,(H,15,16)/t9-/m0/s1. The van der Waals surface area contributed by atoms with Crippen LogP contribution in [0.2, 0.25) is 0 Å². The Hall–Kier alpha value is -1.05. The molecule has 3 N–H and O–H groups in total. The van der Waals surface area contributed by atoms with Crippen LogP contribution >= 0.6 is 23.1 Å². The van der Waals surface area contributed by atoms with Crippen molar-refractivity contribution < 1.29 is 14.3 Å². The van der Waals surface area contributed by atoms with Crippen LogP contribution in [0.5, 0.6) is 0 Å². The smallest absolute Gasteiger partial charge is 0.341 e. The van der Waals surface area contributed by atoms with Gasteiger partial charge in [-0.1, -0.05) is 0 Å². The number of methoxy groups -OCH3 is 1. The Kier molecular flexibility index (Phi) is 6.51. The number of nitrogens with one attached hydrogen (secondary N) is 1. The molecular formula is C13H20N2O3S2. The van der Waals surface area contributed by atoms with Crippen LogP contribution in [0, 0.1) is 13.8 Å². The molecular weight excluding hydrogens is 296 g/mol. The number of thioether (sulfide) groups is 1. The van der Waals surface area contributed by atoms with Gasteiger partial charge in [0.2, 0.25) is 5.91 Å². The van der Waals surface area contributed by atoms with Crippen LogP contribution in [0.4, 0.5) is 5.00 Å². The molecule has 1 heterocycles. The van der Waals surface area contributed by atoms with Crippen LogP contribution in [0.25, 0.3) is 0 Å². The Bertz CT molecular complexity index is 500. The van der Waals surface area contributed by atoms with Crippen LogP contribution in [-0.2, 0) is 9.53 Å². The SMILES string of the molecule is COC(=O)c1c(NC(=O)[C@@H](N)CCSC)sc(C)c1C. The topological polar surface area (TPSA) is 81.4 Å². The first kappa shape index (κ1) is 17.0. The van der Waals surface area contributed by atoms with Crippen LogP contribution in [0.3, 0.4) is 0 Å². The fraction of sp³-hybridized carbons (Fsp3) is 0.538. The summed E-state index contributed by atoms with van der Waals surface area (Å²) >= 11 is 3.00. The van der Waals surface area contributed by atoms with Crippen molar-refractivity contribution in [3.05, 3.63) is 16.0 Å². The highest BCUT2D eigenvalue weighted by molar-refractivity contribution is 7.98. The lowest BCUT2D eigenvalue weighted by atomic mass is 10.1. The molecule has 7 heteroatoms. The predicted molar refractivity (Wildman–Crippen MR) is 84.7 cm³/mol. The number of nitrogens with two attached hydrogens (primary N) is 1. The van der Waals surface area contributed by atoms with E-state index in [0.717, 1.165) is 16.2 Å². The summed E-state index contributed by atoms with van der Waals surface area (Å²) in [5, 5.41) is 3.25. The lowest BCUT2D eigenvalue weighted by Gasteiger charge is -2.11. The summed E-state index contributed by atoms with van der Waals surface area (Å²) in [6, 6.07) is -0.573. The number of thiophene rings is 1. The van der Waals surface area contributed by atoms with Crippen molar-refractivity contribution in [1.29, 1.82) is 0 Å². The summed E-state index contributed by atoms with van der Waals surface area (Å²) in [7, 11) is 1.32. The molecule has 1 rings (SSSR count). The minimum absolute atomic E-state index is 0.273.